The second-order valence-electron chi connectivity index (χ2n) is 5.39. The van der Waals surface area contributed by atoms with Crippen LogP contribution < -0.4 is 0 Å². The molecule has 1 N–H and O–H groups in total. The van der Waals surface area contributed by atoms with Crippen molar-refractivity contribution in [2.75, 3.05) is 5.88 Å². The summed E-state index contributed by atoms with van der Waals surface area (Å²) in [5.41, 5.74) is 3.35. The van der Waals surface area contributed by atoms with E-state index in [-0.39, 0.29) is 11.5 Å². The monoisotopic (exact) mass is 252 g/mol. The summed E-state index contributed by atoms with van der Waals surface area (Å²) in [5, 5.41) is 9.78. The summed E-state index contributed by atoms with van der Waals surface area (Å²) in [6.07, 6.45) is 3.21. The van der Waals surface area contributed by atoms with Crippen molar-refractivity contribution in [2.24, 2.45) is 5.41 Å². The molecule has 0 radical (unpaired) electrons. The molecule has 0 amide bonds. The molecule has 0 spiro atoms. The van der Waals surface area contributed by atoms with Gasteiger partial charge < -0.3 is 5.11 Å². The molecule has 1 aliphatic rings. The Kier molecular flexibility index (Phi) is 4.86. The highest BCUT2D eigenvalue weighted by Gasteiger charge is 2.31. The smallest absolute Gasteiger partial charge is 0.0586 e. The average molecular weight is 253 g/mol. The van der Waals surface area contributed by atoms with Crippen molar-refractivity contribution in [2.45, 2.75) is 46.6 Å². The zero-order valence-corrected chi connectivity index (χ0v) is 11.9. The van der Waals surface area contributed by atoms with Crippen LogP contribution in [0.1, 0.15) is 40.5 Å². The van der Waals surface area contributed by atoms with Gasteiger partial charge in [0.25, 0.3) is 0 Å². The molecule has 1 rings (SSSR count). The van der Waals surface area contributed by atoms with Crippen molar-refractivity contribution in [1.29, 1.82) is 0 Å². The van der Waals surface area contributed by atoms with E-state index in [2.05, 4.69) is 32.6 Å². The Morgan fingerprint density at radius 2 is 2.24 bits per heavy atom. The molecule has 0 aliphatic heterocycles. The van der Waals surface area contributed by atoms with Gasteiger partial charge in [0.2, 0.25) is 0 Å². The fourth-order valence-corrected chi connectivity index (χ4v) is 2.63. The fraction of sp³-hybridized carbons (Fsp3) is 0.600. The summed E-state index contributed by atoms with van der Waals surface area (Å²) in [4.78, 5) is 0. The van der Waals surface area contributed by atoms with Crippen LogP contribution in [0, 0.1) is 17.3 Å². The third-order valence-electron chi connectivity index (χ3n) is 3.16. The predicted octanol–water partition coefficient (Wildman–Crippen LogP) is 3.67. The average Bonchev–Trinajstić information content (AvgIpc) is 2.14. The third kappa shape index (κ3) is 3.91. The van der Waals surface area contributed by atoms with Crippen molar-refractivity contribution < 1.29 is 5.11 Å². The van der Waals surface area contributed by atoms with Gasteiger partial charge in [-0.05, 0) is 32.3 Å². The summed E-state index contributed by atoms with van der Waals surface area (Å²) in [5.74, 6) is 6.90. The minimum Gasteiger partial charge on any atom is -0.393 e. The lowest BCUT2D eigenvalue weighted by Crippen LogP contribution is -2.28. The molecule has 94 valence electrons. The van der Waals surface area contributed by atoms with Gasteiger partial charge in [-0.1, -0.05) is 37.3 Å². The highest BCUT2D eigenvalue weighted by atomic mass is 35.5. The number of alkyl halides is 1. The molecule has 0 aromatic carbocycles. The van der Waals surface area contributed by atoms with E-state index in [0.29, 0.717) is 5.88 Å². The summed E-state index contributed by atoms with van der Waals surface area (Å²) in [7, 11) is 0. The molecule has 0 saturated carbocycles. The lowest BCUT2D eigenvalue weighted by Gasteiger charge is -2.34. The van der Waals surface area contributed by atoms with Crippen molar-refractivity contribution >= 4 is 11.6 Å². The first-order valence-corrected chi connectivity index (χ1v) is 6.53. The highest BCUT2D eigenvalue weighted by molar-refractivity contribution is 6.19. The first-order valence-electron chi connectivity index (χ1n) is 6.00. The van der Waals surface area contributed by atoms with E-state index in [4.69, 9.17) is 11.6 Å². The molecule has 2 heteroatoms. The lowest BCUT2D eigenvalue weighted by atomic mass is 9.72. The van der Waals surface area contributed by atoms with Gasteiger partial charge in [0.1, 0.15) is 0 Å². The van der Waals surface area contributed by atoms with Gasteiger partial charge >= 0.3 is 0 Å². The standard InChI is InChI=1S/C15H21ClO/c1-11(7-8-16)5-6-14-12(2)9-13(17)10-15(14,3)4/h7,13,17H,8-10H2,1-4H3/b11-7+. The Morgan fingerprint density at radius 1 is 1.59 bits per heavy atom. The molecule has 0 heterocycles. The van der Waals surface area contributed by atoms with E-state index < -0.39 is 0 Å². The van der Waals surface area contributed by atoms with E-state index >= 15 is 0 Å². The largest absolute Gasteiger partial charge is 0.393 e. The van der Waals surface area contributed by atoms with Crippen molar-refractivity contribution in [1.82, 2.24) is 0 Å². The van der Waals surface area contributed by atoms with Crippen molar-refractivity contribution in [3.05, 3.63) is 22.8 Å². The minimum atomic E-state index is -0.227. The topological polar surface area (TPSA) is 20.2 Å². The first-order chi connectivity index (χ1) is 7.86. The van der Waals surface area contributed by atoms with Crippen LogP contribution in [0.4, 0.5) is 0 Å². The summed E-state index contributed by atoms with van der Waals surface area (Å²) in [6.45, 7) is 8.32. The number of rotatable bonds is 1. The van der Waals surface area contributed by atoms with Crippen LogP contribution >= 0.6 is 11.6 Å². The molecule has 0 fully saturated rings. The maximum Gasteiger partial charge on any atom is 0.0586 e. The molecule has 1 nitrogen and oxygen atoms in total. The molecule has 0 bridgehead atoms. The Morgan fingerprint density at radius 3 is 2.76 bits per heavy atom. The number of halogens is 1. The zero-order valence-electron chi connectivity index (χ0n) is 11.1. The molecule has 1 unspecified atom stereocenters. The normalized spacial score (nSPS) is 24.4. The summed E-state index contributed by atoms with van der Waals surface area (Å²) in [6, 6.07) is 0. The van der Waals surface area contributed by atoms with E-state index in [1.54, 1.807) is 0 Å². The number of hydrogen-bond donors (Lipinski definition) is 1. The van der Waals surface area contributed by atoms with Crippen LogP contribution in [-0.2, 0) is 0 Å². The molecule has 1 atom stereocenters. The van der Waals surface area contributed by atoms with E-state index in [1.165, 1.54) is 11.1 Å². The van der Waals surface area contributed by atoms with Crippen LogP contribution in [-0.4, -0.2) is 17.1 Å². The highest BCUT2D eigenvalue weighted by Crippen LogP contribution is 2.39. The van der Waals surface area contributed by atoms with Gasteiger partial charge in [0.05, 0.1) is 6.10 Å². The molecule has 1 aliphatic carbocycles. The number of allylic oxidation sites excluding steroid dienone is 3. The van der Waals surface area contributed by atoms with Gasteiger partial charge in [0.15, 0.2) is 0 Å². The van der Waals surface area contributed by atoms with Crippen LogP contribution in [0.15, 0.2) is 22.8 Å². The Hall–Kier alpha value is -0.710. The van der Waals surface area contributed by atoms with Crippen molar-refractivity contribution in [3.63, 3.8) is 0 Å². The molecule has 0 saturated heterocycles. The second-order valence-corrected chi connectivity index (χ2v) is 5.70. The SMILES string of the molecule is CC1=C(C#C/C(C)=C/CCl)C(C)(C)CC(O)C1. The quantitative estimate of drug-likeness (QED) is 0.558. The molecular formula is C15H21ClO. The van der Waals surface area contributed by atoms with Crippen LogP contribution in [0.5, 0.6) is 0 Å². The van der Waals surface area contributed by atoms with Gasteiger partial charge in [-0.2, -0.15) is 0 Å². The van der Waals surface area contributed by atoms with Gasteiger partial charge in [-0.3, -0.25) is 0 Å². The maximum atomic E-state index is 9.78. The van der Waals surface area contributed by atoms with E-state index in [1.807, 2.05) is 13.0 Å². The molecule has 0 aromatic heterocycles. The lowest BCUT2D eigenvalue weighted by molar-refractivity contribution is 0.117. The molecule has 17 heavy (non-hydrogen) atoms. The molecule has 0 aromatic rings. The first kappa shape index (κ1) is 14.4. The third-order valence-corrected chi connectivity index (χ3v) is 3.31. The fourth-order valence-electron chi connectivity index (χ4n) is 2.40. The number of aliphatic hydroxyl groups is 1. The Bertz CT molecular complexity index is 404. The van der Waals surface area contributed by atoms with Crippen LogP contribution in [0.2, 0.25) is 0 Å². The second kappa shape index (κ2) is 5.76. The summed E-state index contributed by atoms with van der Waals surface area (Å²) < 4.78 is 0. The molecular weight excluding hydrogens is 232 g/mol. The minimum absolute atomic E-state index is 0.0318. The van der Waals surface area contributed by atoms with Gasteiger partial charge in [0, 0.05) is 16.9 Å². The van der Waals surface area contributed by atoms with Gasteiger partial charge in [-0.25, -0.2) is 0 Å². The Labute approximate surface area is 110 Å². The van der Waals surface area contributed by atoms with Gasteiger partial charge in [-0.15, -0.1) is 11.6 Å². The zero-order chi connectivity index (χ0) is 13.1. The maximum absolute atomic E-state index is 9.78. The van der Waals surface area contributed by atoms with E-state index in [0.717, 1.165) is 18.4 Å². The van der Waals surface area contributed by atoms with Crippen molar-refractivity contribution in [3.8, 4) is 11.8 Å². The Balaban J connectivity index is 3.03. The van der Waals surface area contributed by atoms with Crippen LogP contribution in [0.3, 0.4) is 0 Å². The van der Waals surface area contributed by atoms with Crippen LogP contribution in [0.25, 0.3) is 0 Å². The number of aliphatic hydroxyl groups excluding tert-OH is 1. The van der Waals surface area contributed by atoms with E-state index in [9.17, 15) is 5.11 Å². The summed E-state index contributed by atoms with van der Waals surface area (Å²) >= 11 is 5.63. The number of hydrogen-bond acceptors (Lipinski definition) is 1. The predicted molar refractivity (Wildman–Crippen MR) is 74.0 cm³/mol.